The molecule has 2 amide bonds. The molecule has 1 aliphatic rings. The average Bonchev–Trinajstić information content (AvgIpc) is 2.79. The molecule has 142 valence electrons. The van der Waals surface area contributed by atoms with Crippen LogP contribution in [0.15, 0.2) is 24.2 Å². The Balaban J connectivity index is 2.73. The molecule has 1 aromatic carbocycles. The van der Waals surface area contributed by atoms with E-state index in [9.17, 15) is 19.5 Å². The summed E-state index contributed by atoms with van der Waals surface area (Å²) in [5.41, 5.74) is -1.90. The van der Waals surface area contributed by atoms with E-state index >= 15 is 0 Å². The minimum absolute atomic E-state index is 0.241. The maximum absolute atomic E-state index is 13.3. The molecule has 2 N–H and O–H groups in total. The molecule has 0 spiro atoms. The zero-order chi connectivity index (χ0) is 27.4. The Hall–Kier alpha value is -2.21. The van der Waals surface area contributed by atoms with Gasteiger partial charge in [-0.1, -0.05) is 44.9 Å². The van der Waals surface area contributed by atoms with Gasteiger partial charge in [-0.3, -0.25) is 14.4 Å². The minimum atomic E-state index is -3.21. The van der Waals surface area contributed by atoms with Crippen LogP contribution in [0.3, 0.4) is 0 Å². The summed E-state index contributed by atoms with van der Waals surface area (Å²) in [5, 5.41) is 12.0. The standard InChI is InChI=1S/C20H28N2O4/c1-12(2)18(24)16(23)11-13(3)19(25)21-17-15-8-6-5-7-14(15)9-10-22(4)20(17)26/h5-8,12-13,17-18,24H,9-11H2,1-4H3,(H,21,25)/t13-,17+,18+/m1/s1/i5D,6D,7D,8D,9D2,10D2,17D. The topological polar surface area (TPSA) is 86.7 Å². The number of aliphatic hydroxyl groups excluding tert-OH is 1. The molecular weight excluding hydrogens is 332 g/mol. The van der Waals surface area contributed by atoms with E-state index in [2.05, 4.69) is 5.32 Å². The van der Waals surface area contributed by atoms with E-state index in [1.807, 2.05) is 0 Å². The number of likely N-dealkylation sites (N-methyl/N-ethyl adjacent to an activating group) is 1. The molecule has 1 heterocycles. The van der Waals surface area contributed by atoms with Gasteiger partial charge in [0.25, 0.3) is 0 Å². The second-order valence-corrected chi connectivity index (χ2v) is 6.48. The first kappa shape index (κ1) is 10.8. The van der Waals surface area contributed by atoms with E-state index in [0.717, 1.165) is 7.05 Å². The van der Waals surface area contributed by atoms with Crippen LogP contribution in [0.4, 0.5) is 0 Å². The normalized spacial score (nSPS) is 31.2. The highest BCUT2D eigenvalue weighted by atomic mass is 16.3. The van der Waals surface area contributed by atoms with Crippen molar-refractivity contribution in [3.8, 4) is 0 Å². The third-order valence-electron chi connectivity index (χ3n) is 3.97. The SMILES string of the molecule is [2H]c1c([2H])c([2H])c2c(c1[2H])C([2H])([2H])C([2H])([2H])N(C)C(=O)[C@@]2([2H])NC(=O)[C@H](C)CC(=O)[C@@H](O)C(C)C. The Labute approximate surface area is 167 Å². The van der Waals surface area contributed by atoms with Gasteiger partial charge in [-0.25, -0.2) is 0 Å². The summed E-state index contributed by atoms with van der Waals surface area (Å²) in [6.45, 7) is 1.30. The molecule has 0 saturated carbocycles. The lowest BCUT2D eigenvalue weighted by molar-refractivity contribution is -0.137. The Kier molecular flexibility index (Phi) is 3.52. The van der Waals surface area contributed by atoms with Crippen LogP contribution in [0.1, 0.15) is 56.7 Å². The number of amides is 2. The first-order chi connectivity index (χ1) is 15.7. The number of carbonyl (C=O) groups is 3. The Bertz CT molecular complexity index is 1080. The summed E-state index contributed by atoms with van der Waals surface area (Å²) < 4.78 is 74.4. The van der Waals surface area contributed by atoms with Crippen LogP contribution in [0.5, 0.6) is 0 Å². The highest BCUT2D eigenvalue weighted by Crippen LogP contribution is 2.25. The quantitative estimate of drug-likeness (QED) is 0.795. The van der Waals surface area contributed by atoms with Gasteiger partial charge in [-0.15, -0.1) is 0 Å². The number of hydrogen-bond acceptors (Lipinski definition) is 4. The van der Waals surface area contributed by atoms with Crippen molar-refractivity contribution in [2.24, 2.45) is 11.8 Å². The molecule has 6 nitrogen and oxygen atoms in total. The summed E-state index contributed by atoms with van der Waals surface area (Å²) in [6, 6.07) is -6.84. The smallest absolute Gasteiger partial charge is 0.249 e. The molecule has 26 heavy (non-hydrogen) atoms. The first-order valence-electron chi connectivity index (χ1n) is 12.7. The van der Waals surface area contributed by atoms with Gasteiger partial charge in [0, 0.05) is 31.4 Å². The monoisotopic (exact) mass is 369 g/mol. The zero-order valence-corrected chi connectivity index (χ0v) is 15.1. The lowest BCUT2D eigenvalue weighted by atomic mass is 9.94. The second kappa shape index (κ2) is 8.45. The van der Waals surface area contributed by atoms with Crippen molar-refractivity contribution in [2.75, 3.05) is 13.5 Å². The van der Waals surface area contributed by atoms with Crippen LogP contribution in [-0.4, -0.2) is 47.3 Å². The van der Waals surface area contributed by atoms with Crippen LogP contribution in [0, 0.1) is 11.8 Å². The predicted octanol–water partition coefficient (Wildman–Crippen LogP) is 1.47. The van der Waals surface area contributed by atoms with Crippen molar-refractivity contribution < 1.29 is 31.8 Å². The van der Waals surface area contributed by atoms with E-state index in [1.165, 1.54) is 6.92 Å². The minimum Gasteiger partial charge on any atom is -0.385 e. The van der Waals surface area contributed by atoms with E-state index in [0.29, 0.717) is 0 Å². The molecule has 0 aliphatic carbocycles. The average molecular weight is 370 g/mol. The van der Waals surface area contributed by atoms with E-state index in [4.69, 9.17) is 12.3 Å². The van der Waals surface area contributed by atoms with Gasteiger partial charge in [0.2, 0.25) is 11.8 Å². The maximum atomic E-state index is 13.3. The van der Waals surface area contributed by atoms with Crippen LogP contribution >= 0.6 is 0 Å². The Morgan fingerprint density at radius 1 is 1.42 bits per heavy atom. The van der Waals surface area contributed by atoms with Crippen LogP contribution in [0.25, 0.3) is 0 Å². The molecule has 6 heteroatoms. The second-order valence-electron chi connectivity index (χ2n) is 6.48. The van der Waals surface area contributed by atoms with Crippen LogP contribution in [-0.2, 0) is 20.8 Å². The van der Waals surface area contributed by atoms with Gasteiger partial charge in [0.1, 0.15) is 12.1 Å². The predicted molar refractivity (Wildman–Crippen MR) is 98.3 cm³/mol. The van der Waals surface area contributed by atoms with Gasteiger partial charge in [-0.05, 0) is 23.4 Å². The summed E-state index contributed by atoms with van der Waals surface area (Å²) in [7, 11) is 0.851. The highest BCUT2D eigenvalue weighted by molar-refractivity contribution is 5.92. The number of Topliss-reactive ketones (excluding diaryl/α,β-unsaturated/α-hetero) is 1. The third-order valence-corrected chi connectivity index (χ3v) is 3.97. The lowest BCUT2D eigenvalue weighted by Crippen LogP contribution is -2.43. The fourth-order valence-electron chi connectivity index (χ4n) is 2.31. The van der Waals surface area contributed by atoms with Crippen molar-refractivity contribution in [2.45, 2.75) is 45.7 Å². The first-order valence-corrected chi connectivity index (χ1v) is 8.17. The molecule has 3 atom stereocenters. The van der Waals surface area contributed by atoms with Crippen LogP contribution < -0.4 is 5.32 Å². The van der Waals surface area contributed by atoms with Gasteiger partial charge < -0.3 is 15.3 Å². The van der Waals surface area contributed by atoms with Crippen molar-refractivity contribution in [1.29, 1.82) is 0 Å². The molecule has 0 saturated heterocycles. The Morgan fingerprint density at radius 2 is 2.08 bits per heavy atom. The fourth-order valence-corrected chi connectivity index (χ4v) is 2.31. The maximum Gasteiger partial charge on any atom is 0.249 e. The molecule has 0 radical (unpaired) electrons. The zero-order valence-electron chi connectivity index (χ0n) is 24.1. The van der Waals surface area contributed by atoms with Crippen molar-refractivity contribution in [3.63, 3.8) is 0 Å². The number of nitrogens with zero attached hydrogens (tertiary/aromatic N) is 1. The van der Waals surface area contributed by atoms with Gasteiger partial charge >= 0.3 is 0 Å². The molecule has 0 unspecified atom stereocenters. The molecule has 1 aromatic rings. The van der Waals surface area contributed by atoms with Crippen molar-refractivity contribution in [1.82, 2.24) is 10.2 Å². The summed E-state index contributed by atoms with van der Waals surface area (Å²) in [6.07, 6.45) is -5.03. The Morgan fingerprint density at radius 3 is 2.73 bits per heavy atom. The van der Waals surface area contributed by atoms with E-state index in [1.54, 1.807) is 13.8 Å². The third kappa shape index (κ3) is 4.49. The van der Waals surface area contributed by atoms with Crippen LogP contribution in [0.2, 0.25) is 0 Å². The number of nitrogens with one attached hydrogen (secondary N) is 1. The van der Waals surface area contributed by atoms with Gasteiger partial charge in [-0.2, -0.15) is 0 Å². The number of rotatable bonds is 6. The summed E-state index contributed by atoms with van der Waals surface area (Å²) in [4.78, 5) is 38.8. The van der Waals surface area contributed by atoms with Crippen molar-refractivity contribution >= 4 is 17.6 Å². The number of fused-ring (bicyclic) bond motifs is 1. The molecular formula is C20H28N2O4. The fraction of sp³-hybridized carbons (Fsp3) is 0.550. The largest absolute Gasteiger partial charge is 0.385 e. The van der Waals surface area contributed by atoms with Gasteiger partial charge in [0.15, 0.2) is 5.78 Å². The molecule has 1 aliphatic heterocycles. The highest BCUT2D eigenvalue weighted by Gasteiger charge is 2.32. The summed E-state index contributed by atoms with van der Waals surface area (Å²) in [5.74, 6) is -4.82. The molecule has 0 fully saturated rings. The number of ketones is 1. The summed E-state index contributed by atoms with van der Waals surface area (Å²) >= 11 is 0. The van der Waals surface area contributed by atoms with Crippen molar-refractivity contribution in [3.05, 3.63) is 35.3 Å². The van der Waals surface area contributed by atoms with E-state index < -0.39 is 96.1 Å². The number of benzene rings is 1. The number of aliphatic hydroxyl groups is 1. The number of hydrogen-bond donors (Lipinski definition) is 2. The molecule has 0 aromatic heterocycles. The number of carbonyl (C=O) groups excluding carboxylic acids is 3. The van der Waals surface area contributed by atoms with E-state index in [-0.39, 0.29) is 4.90 Å². The molecule has 2 rings (SSSR count). The van der Waals surface area contributed by atoms with Gasteiger partial charge in [0.05, 0.1) is 6.85 Å². The lowest BCUT2D eigenvalue weighted by Gasteiger charge is -2.24. The molecule has 0 bridgehead atoms.